The molecule has 0 radical (unpaired) electrons. The number of hydrogen-bond acceptors (Lipinski definition) is 4. The highest BCUT2D eigenvalue weighted by Crippen LogP contribution is 2.26. The first-order valence-corrected chi connectivity index (χ1v) is 7.46. The molecule has 0 aliphatic rings. The Hall–Kier alpha value is -2.82. The van der Waals surface area contributed by atoms with Crippen molar-refractivity contribution >= 4 is 0 Å². The largest absolute Gasteiger partial charge is 0.539 e. The second-order valence-electron chi connectivity index (χ2n) is 5.42. The van der Waals surface area contributed by atoms with Crippen LogP contribution in [-0.4, -0.2) is 12.4 Å². The van der Waals surface area contributed by atoms with Gasteiger partial charge >= 0.3 is 0 Å². The monoisotopic (exact) mass is 310 g/mol. The van der Waals surface area contributed by atoms with E-state index in [4.69, 9.17) is 9.26 Å². The van der Waals surface area contributed by atoms with Gasteiger partial charge < -0.3 is 14.4 Å². The third-order valence-electron chi connectivity index (χ3n) is 3.79. The molecule has 0 fully saturated rings. The van der Waals surface area contributed by atoms with Gasteiger partial charge in [0.1, 0.15) is 5.75 Å². The summed E-state index contributed by atoms with van der Waals surface area (Å²) in [4.78, 5) is 0. The van der Waals surface area contributed by atoms with Gasteiger partial charge in [0.2, 0.25) is 0 Å². The topological polar surface area (TPSA) is 62.2 Å². The number of rotatable bonds is 5. The summed E-state index contributed by atoms with van der Waals surface area (Å²) < 4.78 is 11.7. The van der Waals surface area contributed by atoms with Gasteiger partial charge in [-0.1, -0.05) is 35.0 Å². The lowest BCUT2D eigenvalue weighted by Crippen LogP contribution is -2.42. The Balaban J connectivity index is 1.91. The lowest BCUT2D eigenvalue weighted by molar-refractivity contribution is -0.773. The van der Waals surface area contributed by atoms with E-state index in [0.29, 0.717) is 5.69 Å². The summed E-state index contributed by atoms with van der Waals surface area (Å²) in [6.07, 6.45) is 0.765. The molecule has 118 valence electrons. The number of aromatic nitrogens is 2. The van der Waals surface area contributed by atoms with E-state index in [0.717, 1.165) is 17.7 Å². The molecule has 0 bridgehead atoms. The van der Waals surface area contributed by atoms with Gasteiger partial charge in [0.15, 0.2) is 12.0 Å². The van der Waals surface area contributed by atoms with Crippen LogP contribution >= 0.6 is 0 Å². The van der Waals surface area contributed by atoms with Gasteiger partial charge in [0, 0.05) is 13.3 Å². The predicted octanol–water partition coefficient (Wildman–Crippen LogP) is 2.52. The zero-order chi connectivity index (χ0) is 16.2. The Bertz CT molecular complexity index is 767. The molecule has 5 nitrogen and oxygen atoms in total. The summed E-state index contributed by atoms with van der Waals surface area (Å²) in [6.45, 7) is 2.02. The lowest BCUT2D eigenvalue weighted by Gasteiger charge is -2.07. The highest BCUT2D eigenvalue weighted by Gasteiger charge is 2.25. The van der Waals surface area contributed by atoms with Crippen molar-refractivity contribution in [1.82, 2.24) is 5.27 Å². The fraction of sp³-hybridized carbons (Fsp3) is 0.222. The second-order valence-corrected chi connectivity index (χ2v) is 5.42. The maximum absolute atomic E-state index is 12.1. The molecule has 23 heavy (non-hydrogen) atoms. The van der Waals surface area contributed by atoms with Crippen molar-refractivity contribution in [2.24, 2.45) is 0 Å². The minimum Gasteiger partial charge on any atom is -0.539 e. The minimum absolute atomic E-state index is 0.000881. The standard InChI is InChI=1S/C18H18N2O3/c1-13(12-14-6-4-3-5-7-14)20-17(18(21)23-19-20)15-8-10-16(22-2)11-9-15/h3-11,13H,12H2,1-2H3. The Morgan fingerprint density at radius 3 is 2.48 bits per heavy atom. The highest BCUT2D eigenvalue weighted by atomic mass is 16.6. The molecular weight excluding hydrogens is 292 g/mol. The number of methoxy groups -OCH3 is 1. The minimum atomic E-state index is -0.435. The van der Waals surface area contributed by atoms with E-state index in [1.807, 2.05) is 49.4 Å². The fourth-order valence-corrected chi connectivity index (χ4v) is 2.60. The van der Waals surface area contributed by atoms with Gasteiger partial charge in [-0.25, -0.2) is 0 Å². The highest BCUT2D eigenvalue weighted by molar-refractivity contribution is 5.60. The van der Waals surface area contributed by atoms with Crippen molar-refractivity contribution in [3.8, 4) is 23.0 Å². The molecule has 3 rings (SSSR count). The lowest BCUT2D eigenvalue weighted by atomic mass is 10.1. The first kappa shape index (κ1) is 15.1. The van der Waals surface area contributed by atoms with Crippen LogP contribution in [0.2, 0.25) is 0 Å². The number of hydrogen-bond donors (Lipinski definition) is 0. The normalized spacial score (nSPS) is 12.1. The maximum Gasteiger partial charge on any atom is 0.264 e. The number of benzene rings is 2. The van der Waals surface area contributed by atoms with Crippen LogP contribution in [0.5, 0.6) is 11.7 Å². The van der Waals surface area contributed by atoms with E-state index in [9.17, 15) is 5.11 Å². The molecule has 0 amide bonds. The predicted molar refractivity (Wildman–Crippen MR) is 83.0 cm³/mol. The smallest absolute Gasteiger partial charge is 0.264 e. The molecule has 0 N–H and O–H groups in total. The van der Waals surface area contributed by atoms with Crippen molar-refractivity contribution < 1.29 is 19.0 Å². The van der Waals surface area contributed by atoms with Crippen LogP contribution in [0.4, 0.5) is 0 Å². The molecule has 2 aromatic carbocycles. The molecule has 0 saturated carbocycles. The summed E-state index contributed by atoms with van der Waals surface area (Å²) in [5, 5.41) is 16.0. The van der Waals surface area contributed by atoms with Crippen molar-refractivity contribution in [2.75, 3.05) is 7.11 Å². The molecule has 1 atom stereocenters. The summed E-state index contributed by atoms with van der Waals surface area (Å²) >= 11 is 0. The van der Waals surface area contributed by atoms with Crippen LogP contribution in [0.15, 0.2) is 59.1 Å². The van der Waals surface area contributed by atoms with Gasteiger partial charge in [0.25, 0.3) is 5.69 Å². The van der Waals surface area contributed by atoms with Gasteiger partial charge in [0.05, 0.1) is 17.9 Å². The average molecular weight is 310 g/mol. The number of ether oxygens (including phenoxy) is 1. The zero-order valence-corrected chi connectivity index (χ0v) is 13.1. The van der Waals surface area contributed by atoms with Gasteiger partial charge in [-0.05, 0) is 29.8 Å². The molecule has 0 spiro atoms. The fourth-order valence-electron chi connectivity index (χ4n) is 2.60. The Labute approximate surface area is 134 Å². The van der Waals surface area contributed by atoms with Crippen LogP contribution in [0.3, 0.4) is 0 Å². The van der Waals surface area contributed by atoms with E-state index in [1.54, 1.807) is 11.8 Å². The van der Waals surface area contributed by atoms with E-state index in [2.05, 4.69) is 17.4 Å². The first-order chi connectivity index (χ1) is 11.2. The first-order valence-electron chi connectivity index (χ1n) is 7.46. The zero-order valence-electron chi connectivity index (χ0n) is 13.1. The molecule has 1 aromatic heterocycles. The summed E-state index contributed by atoms with van der Waals surface area (Å²) in [5.41, 5.74) is 2.40. The Morgan fingerprint density at radius 2 is 1.83 bits per heavy atom. The van der Waals surface area contributed by atoms with Crippen LogP contribution in [0, 0.1) is 0 Å². The average Bonchev–Trinajstić information content (AvgIpc) is 2.97. The summed E-state index contributed by atoms with van der Waals surface area (Å²) in [7, 11) is 1.61. The number of nitrogens with zero attached hydrogens (tertiary/aromatic N) is 2. The van der Waals surface area contributed by atoms with Crippen molar-refractivity contribution in [2.45, 2.75) is 19.4 Å². The van der Waals surface area contributed by atoms with Crippen LogP contribution in [-0.2, 0) is 6.42 Å². The van der Waals surface area contributed by atoms with Crippen LogP contribution in [0.25, 0.3) is 11.3 Å². The third kappa shape index (κ3) is 3.18. The SMILES string of the molecule is COc1ccc(-c2c([O-])on[n+]2C(C)Cc2ccccc2)cc1. The molecule has 1 heterocycles. The van der Waals surface area contributed by atoms with Crippen LogP contribution < -0.4 is 14.5 Å². The molecule has 1 unspecified atom stereocenters. The van der Waals surface area contributed by atoms with Crippen LogP contribution in [0.1, 0.15) is 18.5 Å². The van der Waals surface area contributed by atoms with Gasteiger partial charge in [-0.2, -0.15) is 0 Å². The van der Waals surface area contributed by atoms with Crippen molar-refractivity contribution in [3.63, 3.8) is 0 Å². The Kier molecular flexibility index (Phi) is 4.28. The molecule has 5 heteroatoms. The second kappa shape index (κ2) is 6.52. The molecule has 0 aliphatic heterocycles. The summed E-state index contributed by atoms with van der Waals surface area (Å²) in [6, 6.07) is 17.4. The van der Waals surface area contributed by atoms with Crippen molar-refractivity contribution in [1.29, 1.82) is 0 Å². The molecule has 3 aromatic rings. The van der Waals surface area contributed by atoms with E-state index in [-0.39, 0.29) is 6.04 Å². The third-order valence-corrected chi connectivity index (χ3v) is 3.79. The van der Waals surface area contributed by atoms with E-state index in [1.165, 1.54) is 5.56 Å². The molecule has 0 aliphatic carbocycles. The molecule has 0 saturated heterocycles. The van der Waals surface area contributed by atoms with E-state index < -0.39 is 5.95 Å². The quantitative estimate of drug-likeness (QED) is 0.679. The summed E-state index contributed by atoms with van der Waals surface area (Å²) in [5.74, 6) is 0.302. The van der Waals surface area contributed by atoms with Gasteiger partial charge in [-0.15, -0.1) is 0 Å². The van der Waals surface area contributed by atoms with Gasteiger partial charge in [-0.3, -0.25) is 0 Å². The van der Waals surface area contributed by atoms with Crippen molar-refractivity contribution in [3.05, 3.63) is 60.2 Å². The maximum atomic E-state index is 12.1. The molecular formula is C18H18N2O3. The van der Waals surface area contributed by atoms with E-state index >= 15 is 0 Å². The Morgan fingerprint density at radius 1 is 1.13 bits per heavy atom.